The van der Waals surface area contributed by atoms with Crippen LogP contribution in [0, 0.1) is 0 Å². The van der Waals surface area contributed by atoms with Crippen molar-refractivity contribution < 1.29 is 64.0 Å². The molecule has 3 saturated heterocycles. The SMILES string of the molecule is Brc1cc2c3ccccc3sc2c2ccccc12.CC1(C)OB(B2OC(C)(C)C(C)(C)O2)OC1(C)C.CC1(C)OB(c2cc3c4ccccc4sc3c3ccccc23)OC1(C)C.CS(=O)c1c(-c2ccccc2)cc(Br)c2ccccc12.O=S(=O)(O)C(F)(F)F.[2H]CF. The van der Waals surface area contributed by atoms with Gasteiger partial charge in [0.2, 0.25) is 0 Å². The summed E-state index contributed by atoms with van der Waals surface area (Å²) in [5.41, 5.74) is -4.43. The molecule has 0 amide bonds. The first kappa shape index (κ1) is 69.7. The average molecular weight is 1460 g/mol. The second-order valence-electron chi connectivity index (χ2n) is 25.2. The van der Waals surface area contributed by atoms with Crippen molar-refractivity contribution in [1.82, 2.24) is 0 Å². The molecule has 482 valence electrons. The van der Waals surface area contributed by atoms with Crippen LogP contribution >= 0.6 is 54.5 Å². The molecule has 5 heterocycles. The highest BCUT2D eigenvalue weighted by Crippen LogP contribution is 2.46. The van der Waals surface area contributed by atoms with Crippen LogP contribution in [0.3, 0.4) is 0 Å². The van der Waals surface area contributed by atoms with Gasteiger partial charge in [0.25, 0.3) is 0 Å². The van der Waals surface area contributed by atoms with Crippen molar-refractivity contribution in [2.24, 2.45) is 0 Å². The van der Waals surface area contributed by atoms with E-state index in [0.717, 1.165) is 36.7 Å². The third kappa shape index (κ3) is 14.4. The van der Waals surface area contributed by atoms with Crippen molar-refractivity contribution in [3.8, 4) is 11.1 Å². The molecule has 11 aromatic rings. The van der Waals surface area contributed by atoms with E-state index >= 15 is 0 Å². The van der Waals surface area contributed by atoms with Crippen molar-refractivity contribution in [2.75, 3.05) is 13.4 Å². The van der Waals surface area contributed by atoms with Gasteiger partial charge in [-0.3, -0.25) is 13.2 Å². The summed E-state index contributed by atoms with van der Waals surface area (Å²) in [7, 11) is -9.19. The van der Waals surface area contributed by atoms with E-state index in [9.17, 15) is 21.8 Å². The minimum absolute atomic E-state index is 0.343. The minimum atomic E-state index is -5.84. The van der Waals surface area contributed by atoms with Gasteiger partial charge < -0.3 is 27.9 Å². The van der Waals surface area contributed by atoms with E-state index in [1.807, 2.05) is 133 Å². The Kier molecular flexibility index (Phi) is 20.6. The maximum atomic E-state index is 12.3. The first-order valence-electron chi connectivity index (χ1n) is 30.0. The zero-order valence-electron chi connectivity index (χ0n) is 54.1. The van der Waals surface area contributed by atoms with Crippen LogP contribution in [0.15, 0.2) is 184 Å². The summed E-state index contributed by atoms with van der Waals surface area (Å²) in [5, 5.41) is 12.5. The lowest BCUT2D eigenvalue weighted by Crippen LogP contribution is -2.41. The Bertz CT molecular complexity index is 4600. The largest absolute Gasteiger partial charge is 0.522 e. The quantitative estimate of drug-likeness (QED) is 0.0787. The van der Waals surface area contributed by atoms with Crippen LogP contribution in [-0.4, -0.2) is 90.8 Å². The standard InChI is InChI=1S/C22H21BO2S.C17H13BrOS.C16H9BrS.C12H24B2O4.CHF3O3S.CH3F/c1-21(2)22(3,4)25-23(24-21)18-13-17-15-10-7-8-12-19(15)26-20(17)16-11-6-5-9-14(16)18;1-20(19)17-14-10-6-5-9-13(14)16(18)11-15(17)12-7-3-2-4-8-12;17-14-9-13-11-6-3-4-8-15(11)18-16(13)12-7-2-1-5-10(12)14;1-9(2)10(3,4)16-13(15-9)14-17-11(5,6)12(7,8)18-14;2-1(3,4)8(5,6)7;1-2/h5-13H,1-4H3;2-11H,1H3;1-9H;1-8H3;(H,5,6,7);1H3/i;;;;;1D. The monoisotopic (exact) mass is 1460 g/mol. The molecule has 9 aromatic carbocycles. The van der Waals surface area contributed by atoms with E-state index in [4.69, 9.17) is 42.3 Å². The fraction of sp³-hybridized carbons (Fsp3) is 0.304. The molecule has 0 bridgehead atoms. The van der Waals surface area contributed by atoms with E-state index in [1.165, 1.54) is 66.4 Å². The zero-order valence-corrected chi connectivity index (χ0v) is 59.6. The van der Waals surface area contributed by atoms with Crippen molar-refractivity contribution in [1.29, 1.82) is 0 Å². The van der Waals surface area contributed by atoms with Gasteiger partial charge in [-0.25, -0.2) is 0 Å². The fourth-order valence-corrected chi connectivity index (χ4v) is 15.3. The number of hydrogen-bond acceptors (Lipinski definition) is 11. The molecule has 1 unspecified atom stereocenters. The Morgan fingerprint density at radius 2 is 0.793 bits per heavy atom. The average Bonchev–Trinajstić information content (AvgIpc) is 1.66. The normalized spacial score (nSPS) is 18.0. The molecule has 3 aliphatic heterocycles. The highest BCUT2D eigenvalue weighted by atomic mass is 79.9. The van der Waals surface area contributed by atoms with Gasteiger partial charge in [-0.2, -0.15) is 21.6 Å². The maximum Gasteiger partial charge on any atom is 0.522 e. The van der Waals surface area contributed by atoms with Crippen LogP contribution in [0.1, 0.15) is 84.5 Å². The second-order valence-corrected chi connectivity index (χ2v) is 31.8. The van der Waals surface area contributed by atoms with E-state index < -0.39 is 47.6 Å². The highest BCUT2D eigenvalue weighted by molar-refractivity contribution is 9.11. The van der Waals surface area contributed by atoms with Gasteiger partial charge in [-0.05, 0) is 151 Å². The number of thiophene rings is 2. The van der Waals surface area contributed by atoms with Crippen molar-refractivity contribution in [3.63, 3.8) is 0 Å². The van der Waals surface area contributed by atoms with Crippen LogP contribution in [0.5, 0.6) is 0 Å². The fourth-order valence-electron chi connectivity index (χ4n) is 10.7. The van der Waals surface area contributed by atoms with Crippen molar-refractivity contribution >= 4 is 175 Å². The third-order valence-corrected chi connectivity index (χ3v) is 23.0. The van der Waals surface area contributed by atoms with E-state index in [2.05, 4.69) is 175 Å². The highest BCUT2D eigenvalue weighted by Gasteiger charge is 2.64. The summed E-state index contributed by atoms with van der Waals surface area (Å²) >= 11 is 11.1. The van der Waals surface area contributed by atoms with Crippen LogP contribution in [0.4, 0.5) is 17.6 Å². The summed E-state index contributed by atoms with van der Waals surface area (Å²) in [6.07, 6.45) is 1.74. The summed E-state index contributed by atoms with van der Waals surface area (Å²) in [6.45, 7) is 24.6. The Morgan fingerprint density at radius 1 is 0.478 bits per heavy atom. The number of benzene rings is 9. The second kappa shape index (κ2) is 27.2. The first-order chi connectivity index (χ1) is 43.4. The summed E-state index contributed by atoms with van der Waals surface area (Å²) in [5.74, 6) is 0. The summed E-state index contributed by atoms with van der Waals surface area (Å²) in [4.78, 5) is 0.898. The smallest absolute Gasteiger partial charge is 0.405 e. The first-order valence-corrected chi connectivity index (χ1v) is 35.5. The lowest BCUT2D eigenvalue weighted by molar-refractivity contribution is -0.0510. The van der Waals surface area contributed by atoms with Crippen LogP contribution in [0.2, 0.25) is 0 Å². The molecule has 0 aliphatic carbocycles. The third-order valence-electron chi connectivity index (χ3n) is 17.6. The van der Waals surface area contributed by atoms with Gasteiger partial charge in [0.05, 0.1) is 57.8 Å². The molecule has 3 fully saturated rings. The van der Waals surface area contributed by atoms with E-state index in [1.54, 1.807) is 6.26 Å². The Balaban J connectivity index is 0.000000140. The summed E-state index contributed by atoms with van der Waals surface area (Å²) in [6, 6.07) is 59.1. The molecule has 1 atom stereocenters. The molecule has 0 saturated carbocycles. The lowest BCUT2D eigenvalue weighted by Gasteiger charge is -2.32. The molecule has 3 aliphatic rings. The van der Waals surface area contributed by atoms with Crippen LogP contribution in [0.25, 0.3) is 83.8 Å². The molecular weight excluding hydrogens is 1390 g/mol. The predicted octanol–water partition coefficient (Wildman–Crippen LogP) is 19.7. The van der Waals surface area contributed by atoms with Gasteiger partial charge in [0.1, 0.15) is 0 Å². The minimum Gasteiger partial charge on any atom is -0.405 e. The molecule has 10 nitrogen and oxygen atoms in total. The van der Waals surface area contributed by atoms with Crippen molar-refractivity contribution in [2.45, 2.75) is 127 Å². The van der Waals surface area contributed by atoms with Gasteiger partial charge in [0.15, 0.2) is 0 Å². The molecule has 14 rings (SSSR count). The predicted molar refractivity (Wildman–Crippen MR) is 383 cm³/mol. The van der Waals surface area contributed by atoms with Gasteiger partial charge in [-0.1, -0.05) is 177 Å². The Morgan fingerprint density at radius 3 is 1.21 bits per heavy atom. The van der Waals surface area contributed by atoms with E-state index in [0.29, 0.717) is 0 Å². The molecule has 1 N–H and O–H groups in total. The lowest BCUT2D eigenvalue weighted by atomic mass is 9.49. The van der Waals surface area contributed by atoms with Gasteiger partial charge >= 0.3 is 36.8 Å². The number of fused-ring (bicyclic) bond motifs is 11. The number of rotatable bonds is 4. The topological polar surface area (TPSA) is 127 Å². The van der Waals surface area contributed by atoms with Gasteiger partial charge in [0, 0.05) is 60.9 Å². The molecule has 0 radical (unpaired) electrons. The molecule has 0 spiro atoms. The Labute approximate surface area is 564 Å². The van der Waals surface area contributed by atoms with Crippen molar-refractivity contribution in [3.05, 3.63) is 179 Å². The number of halogens is 6. The van der Waals surface area contributed by atoms with Crippen LogP contribution in [-0.2, 0) is 48.8 Å². The number of alkyl halides is 4. The molecule has 2 aromatic heterocycles. The zero-order chi connectivity index (χ0) is 68.0. The number of hydrogen-bond donors (Lipinski definition) is 1. The molecule has 92 heavy (non-hydrogen) atoms. The van der Waals surface area contributed by atoms with Crippen LogP contribution < -0.4 is 5.46 Å². The maximum absolute atomic E-state index is 12.3. The molecular formula is C69H71B3Br2F4O10S4. The summed E-state index contributed by atoms with van der Waals surface area (Å²) < 4.78 is 130. The Hall–Kier alpha value is -5.11. The molecule has 23 heteroatoms. The van der Waals surface area contributed by atoms with Gasteiger partial charge in [-0.15, -0.1) is 22.7 Å². The van der Waals surface area contributed by atoms with E-state index in [-0.39, 0.29) is 40.7 Å².